The first-order valence-electron chi connectivity index (χ1n) is 7.10. The van der Waals surface area contributed by atoms with E-state index in [4.69, 9.17) is 16.3 Å². The molecule has 1 aromatic carbocycles. The van der Waals surface area contributed by atoms with Crippen LogP contribution in [0.3, 0.4) is 0 Å². The van der Waals surface area contributed by atoms with Gasteiger partial charge in [0.15, 0.2) is 0 Å². The van der Waals surface area contributed by atoms with Crippen LogP contribution in [0.4, 0.5) is 0 Å². The van der Waals surface area contributed by atoms with Gasteiger partial charge in [0.25, 0.3) is 5.91 Å². The van der Waals surface area contributed by atoms with Crippen LogP contribution in [0.5, 0.6) is 0 Å². The minimum absolute atomic E-state index is 0.0552. The number of nitrogens with zero attached hydrogens (tertiary/aromatic N) is 4. The summed E-state index contributed by atoms with van der Waals surface area (Å²) in [5.41, 5.74) is 0.996. The van der Waals surface area contributed by atoms with Crippen LogP contribution in [0.25, 0.3) is 5.69 Å². The van der Waals surface area contributed by atoms with Gasteiger partial charge in [-0.25, -0.2) is 0 Å². The quantitative estimate of drug-likeness (QED) is 0.925. The van der Waals surface area contributed by atoms with Crippen molar-refractivity contribution in [1.29, 1.82) is 0 Å². The van der Waals surface area contributed by atoms with E-state index in [1.807, 2.05) is 6.92 Å². The molecular formula is C14H16ClN5O2. The second-order valence-corrected chi connectivity index (χ2v) is 5.67. The first kappa shape index (κ1) is 14.9. The lowest BCUT2D eigenvalue weighted by Crippen LogP contribution is -2.41. The van der Waals surface area contributed by atoms with Crippen molar-refractivity contribution in [2.45, 2.75) is 31.9 Å². The van der Waals surface area contributed by atoms with Gasteiger partial charge in [-0.05, 0) is 48.4 Å². The van der Waals surface area contributed by atoms with E-state index in [1.54, 1.807) is 18.2 Å². The predicted octanol–water partition coefficient (Wildman–Crippen LogP) is 1.61. The van der Waals surface area contributed by atoms with Gasteiger partial charge >= 0.3 is 0 Å². The number of amides is 1. The number of hydrogen-bond acceptors (Lipinski definition) is 5. The molecule has 1 N–H and O–H groups in total. The summed E-state index contributed by atoms with van der Waals surface area (Å²) in [5.74, 6) is -0.226. The highest BCUT2D eigenvalue weighted by atomic mass is 35.5. The van der Waals surface area contributed by atoms with Gasteiger partial charge in [0, 0.05) is 11.6 Å². The average Bonchev–Trinajstić information content (AvgIpc) is 3.20. The highest BCUT2D eigenvalue weighted by Crippen LogP contribution is 2.20. The fraction of sp³-hybridized carbons (Fsp3) is 0.429. The summed E-state index contributed by atoms with van der Waals surface area (Å²) in [6.45, 7) is 2.69. The van der Waals surface area contributed by atoms with E-state index in [0.717, 1.165) is 19.4 Å². The normalized spacial score (nSPS) is 19.1. The molecule has 8 heteroatoms. The molecule has 0 aliphatic carbocycles. The SMILES string of the molecule is C[C@@H](NC(=O)c1cc(Cl)ccc1-n1cnnn1)[C@H]1CCCO1. The third-order valence-electron chi connectivity index (χ3n) is 3.68. The smallest absolute Gasteiger partial charge is 0.253 e. The molecule has 3 rings (SSSR count). The Bertz CT molecular complexity index is 655. The van der Waals surface area contributed by atoms with Crippen molar-refractivity contribution in [3.05, 3.63) is 35.1 Å². The third kappa shape index (κ3) is 3.10. The Morgan fingerprint density at radius 2 is 2.41 bits per heavy atom. The van der Waals surface area contributed by atoms with Gasteiger partial charge in [-0.3, -0.25) is 4.79 Å². The largest absolute Gasteiger partial charge is 0.376 e. The van der Waals surface area contributed by atoms with Crippen LogP contribution < -0.4 is 5.32 Å². The van der Waals surface area contributed by atoms with Gasteiger partial charge in [-0.15, -0.1) is 5.10 Å². The number of rotatable bonds is 4. The summed E-state index contributed by atoms with van der Waals surface area (Å²) >= 11 is 6.02. The molecule has 2 atom stereocenters. The van der Waals surface area contributed by atoms with Crippen LogP contribution in [0.2, 0.25) is 5.02 Å². The lowest BCUT2D eigenvalue weighted by Gasteiger charge is -2.20. The van der Waals surface area contributed by atoms with Crippen molar-refractivity contribution in [2.24, 2.45) is 0 Å². The van der Waals surface area contributed by atoms with Crippen molar-refractivity contribution >= 4 is 17.5 Å². The van der Waals surface area contributed by atoms with Crippen LogP contribution in [0, 0.1) is 0 Å². The molecule has 1 aromatic heterocycles. The molecule has 7 nitrogen and oxygen atoms in total. The summed E-state index contributed by atoms with van der Waals surface area (Å²) < 4.78 is 7.03. The van der Waals surface area contributed by atoms with E-state index >= 15 is 0 Å². The Balaban J connectivity index is 1.83. The first-order chi connectivity index (χ1) is 10.6. The zero-order valence-electron chi connectivity index (χ0n) is 12.1. The molecule has 116 valence electrons. The molecule has 1 amide bonds. The molecule has 1 saturated heterocycles. The van der Waals surface area contributed by atoms with Crippen molar-refractivity contribution < 1.29 is 9.53 Å². The fourth-order valence-corrected chi connectivity index (χ4v) is 2.71. The summed E-state index contributed by atoms with van der Waals surface area (Å²) in [7, 11) is 0. The molecular weight excluding hydrogens is 306 g/mol. The lowest BCUT2D eigenvalue weighted by atomic mass is 10.1. The number of ether oxygens (including phenoxy) is 1. The van der Waals surface area contributed by atoms with Crippen LogP contribution in [0.15, 0.2) is 24.5 Å². The molecule has 2 heterocycles. The summed E-state index contributed by atoms with van der Waals surface area (Å²) in [5, 5.41) is 14.5. The first-order valence-corrected chi connectivity index (χ1v) is 7.48. The standard InChI is InChI=1S/C14H16ClN5O2/c1-9(13-3-2-6-22-13)17-14(21)11-7-10(15)4-5-12(11)20-8-16-18-19-20/h4-5,7-9,13H,2-3,6H2,1H3,(H,17,21)/t9-,13-/m1/s1. The second kappa shape index (κ2) is 6.41. The van der Waals surface area contributed by atoms with Gasteiger partial charge in [0.2, 0.25) is 0 Å². The van der Waals surface area contributed by atoms with Crippen LogP contribution in [0.1, 0.15) is 30.1 Å². The molecule has 0 unspecified atom stereocenters. The van der Waals surface area contributed by atoms with Crippen LogP contribution >= 0.6 is 11.6 Å². The maximum Gasteiger partial charge on any atom is 0.253 e. The van der Waals surface area contributed by atoms with Crippen LogP contribution in [-0.4, -0.2) is 44.9 Å². The number of benzene rings is 1. The molecule has 0 saturated carbocycles. The highest BCUT2D eigenvalue weighted by molar-refractivity contribution is 6.31. The molecule has 0 spiro atoms. The van der Waals surface area contributed by atoms with Gasteiger partial charge in [0.1, 0.15) is 6.33 Å². The minimum Gasteiger partial charge on any atom is -0.376 e. The summed E-state index contributed by atoms with van der Waals surface area (Å²) in [4.78, 5) is 12.6. The third-order valence-corrected chi connectivity index (χ3v) is 3.92. The summed E-state index contributed by atoms with van der Waals surface area (Å²) in [6.07, 6.45) is 3.47. The van der Waals surface area contributed by atoms with Gasteiger partial charge in [0.05, 0.1) is 23.4 Å². The molecule has 1 aliphatic heterocycles. The van der Waals surface area contributed by atoms with E-state index in [-0.39, 0.29) is 18.1 Å². The zero-order chi connectivity index (χ0) is 15.5. The number of carbonyl (C=O) groups is 1. The number of carbonyl (C=O) groups excluding carboxylic acids is 1. The Labute approximate surface area is 132 Å². The topological polar surface area (TPSA) is 81.9 Å². The lowest BCUT2D eigenvalue weighted by molar-refractivity contribution is 0.0712. The van der Waals surface area contributed by atoms with E-state index in [9.17, 15) is 4.79 Å². The highest BCUT2D eigenvalue weighted by Gasteiger charge is 2.25. The molecule has 0 radical (unpaired) electrons. The maximum atomic E-state index is 12.6. The second-order valence-electron chi connectivity index (χ2n) is 5.23. The van der Waals surface area contributed by atoms with E-state index in [1.165, 1.54) is 11.0 Å². The van der Waals surface area contributed by atoms with Crippen LogP contribution in [-0.2, 0) is 4.74 Å². The van der Waals surface area contributed by atoms with E-state index < -0.39 is 0 Å². The predicted molar refractivity (Wildman–Crippen MR) is 80.1 cm³/mol. The average molecular weight is 322 g/mol. The molecule has 22 heavy (non-hydrogen) atoms. The monoisotopic (exact) mass is 321 g/mol. The fourth-order valence-electron chi connectivity index (χ4n) is 2.54. The number of tetrazole rings is 1. The Morgan fingerprint density at radius 1 is 1.55 bits per heavy atom. The van der Waals surface area contributed by atoms with Crippen molar-refractivity contribution in [3.63, 3.8) is 0 Å². The van der Waals surface area contributed by atoms with E-state index in [2.05, 4.69) is 20.8 Å². The van der Waals surface area contributed by atoms with Crippen molar-refractivity contribution in [1.82, 2.24) is 25.5 Å². The zero-order valence-corrected chi connectivity index (χ0v) is 12.8. The number of hydrogen-bond donors (Lipinski definition) is 1. The van der Waals surface area contributed by atoms with Crippen molar-refractivity contribution in [3.8, 4) is 5.69 Å². The van der Waals surface area contributed by atoms with Gasteiger partial charge in [-0.2, -0.15) is 4.68 Å². The minimum atomic E-state index is -0.226. The molecule has 1 aliphatic rings. The summed E-state index contributed by atoms with van der Waals surface area (Å²) in [6, 6.07) is 4.94. The number of halogens is 1. The van der Waals surface area contributed by atoms with Gasteiger partial charge in [-0.1, -0.05) is 11.6 Å². The Kier molecular flexibility index (Phi) is 4.35. The maximum absolute atomic E-state index is 12.6. The molecule has 1 fully saturated rings. The Hall–Kier alpha value is -1.99. The molecule has 0 bridgehead atoms. The molecule has 2 aromatic rings. The number of nitrogens with one attached hydrogen (secondary N) is 1. The van der Waals surface area contributed by atoms with Crippen molar-refractivity contribution in [2.75, 3.05) is 6.61 Å². The van der Waals surface area contributed by atoms with Gasteiger partial charge < -0.3 is 10.1 Å². The Morgan fingerprint density at radius 3 is 3.09 bits per heavy atom. The number of aromatic nitrogens is 4. The van der Waals surface area contributed by atoms with E-state index in [0.29, 0.717) is 16.3 Å².